The molecular formula is C22H38N4O2. The molecule has 1 amide bonds. The molecule has 1 aromatic rings. The second kappa shape index (κ2) is 11.7. The fourth-order valence-electron chi connectivity index (χ4n) is 2.57. The van der Waals surface area contributed by atoms with E-state index in [0.717, 1.165) is 12.0 Å². The van der Waals surface area contributed by atoms with E-state index in [1.165, 1.54) is 5.56 Å². The van der Waals surface area contributed by atoms with Crippen molar-refractivity contribution in [2.45, 2.75) is 71.9 Å². The van der Waals surface area contributed by atoms with Gasteiger partial charge in [-0.15, -0.1) is 0 Å². The van der Waals surface area contributed by atoms with Crippen molar-refractivity contribution in [3.63, 3.8) is 0 Å². The van der Waals surface area contributed by atoms with Gasteiger partial charge in [-0.2, -0.15) is 0 Å². The predicted octanol–water partition coefficient (Wildman–Crippen LogP) is 2.88. The topological polar surface area (TPSA) is 85.8 Å². The van der Waals surface area contributed by atoms with Crippen LogP contribution in [0.2, 0.25) is 0 Å². The maximum atomic E-state index is 11.8. The van der Waals surface area contributed by atoms with Gasteiger partial charge in [-0.05, 0) is 36.8 Å². The van der Waals surface area contributed by atoms with Gasteiger partial charge in [-0.3, -0.25) is 9.79 Å². The molecule has 0 aliphatic rings. The molecule has 0 aromatic heterocycles. The number of aliphatic imine (C=N–C) groups is 1. The predicted molar refractivity (Wildman–Crippen MR) is 117 cm³/mol. The summed E-state index contributed by atoms with van der Waals surface area (Å²) >= 11 is 0. The molecule has 0 aliphatic heterocycles. The number of carbonyl (C=O) groups excluding carboxylic acids is 1. The molecule has 4 N–H and O–H groups in total. The zero-order valence-electron chi connectivity index (χ0n) is 18.3. The molecule has 0 heterocycles. The molecule has 2 atom stereocenters. The van der Waals surface area contributed by atoms with Crippen molar-refractivity contribution in [2.75, 3.05) is 19.6 Å². The number of carbonyl (C=O) groups is 1. The summed E-state index contributed by atoms with van der Waals surface area (Å²) in [5, 5.41) is 19.7. The van der Waals surface area contributed by atoms with Crippen LogP contribution < -0.4 is 16.0 Å². The maximum absolute atomic E-state index is 11.8. The summed E-state index contributed by atoms with van der Waals surface area (Å²) in [4.78, 5) is 16.3. The van der Waals surface area contributed by atoms with Crippen molar-refractivity contribution in [3.8, 4) is 0 Å². The van der Waals surface area contributed by atoms with Crippen LogP contribution in [0.4, 0.5) is 0 Å². The quantitative estimate of drug-likeness (QED) is 0.386. The van der Waals surface area contributed by atoms with Crippen molar-refractivity contribution < 1.29 is 9.90 Å². The number of benzene rings is 1. The third-order valence-electron chi connectivity index (χ3n) is 4.59. The van der Waals surface area contributed by atoms with Crippen LogP contribution in [-0.2, 0) is 10.2 Å². The number of rotatable bonds is 9. The maximum Gasteiger partial charge on any atom is 0.221 e. The lowest BCUT2D eigenvalue weighted by atomic mass is 9.86. The van der Waals surface area contributed by atoms with E-state index in [4.69, 9.17) is 0 Å². The van der Waals surface area contributed by atoms with Gasteiger partial charge in [0.25, 0.3) is 0 Å². The van der Waals surface area contributed by atoms with Gasteiger partial charge in [0.2, 0.25) is 5.91 Å². The van der Waals surface area contributed by atoms with Gasteiger partial charge in [-0.1, -0.05) is 52.0 Å². The number of amides is 1. The Balaban J connectivity index is 2.57. The van der Waals surface area contributed by atoms with Crippen molar-refractivity contribution in [3.05, 3.63) is 35.4 Å². The highest BCUT2D eigenvalue weighted by Crippen LogP contribution is 2.24. The van der Waals surface area contributed by atoms with Crippen LogP contribution in [0.25, 0.3) is 0 Å². The molecular weight excluding hydrogens is 352 g/mol. The average Bonchev–Trinajstić information content (AvgIpc) is 2.65. The van der Waals surface area contributed by atoms with Crippen molar-refractivity contribution in [2.24, 2.45) is 4.99 Å². The second-order valence-corrected chi connectivity index (χ2v) is 8.16. The Kier molecular flexibility index (Phi) is 10.0. The van der Waals surface area contributed by atoms with Crippen LogP contribution in [0, 0.1) is 0 Å². The number of aliphatic hydroxyl groups excluding tert-OH is 1. The summed E-state index contributed by atoms with van der Waals surface area (Å²) in [7, 11) is 0. The van der Waals surface area contributed by atoms with E-state index in [-0.39, 0.29) is 23.9 Å². The van der Waals surface area contributed by atoms with E-state index in [9.17, 15) is 9.90 Å². The third-order valence-corrected chi connectivity index (χ3v) is 4.59. The van der Waals surface area contributed by atoms with Crippen LogP contribution in [0.15, 0.2) is 29.3 Å². The Hall–Kier alpha value is -2.08. The minimum atomic E-state index is -0.668. The van der Waals surface area contributed by atoms with E-state index < -0.39 is 6.10 Å². The summed E-state index contributed by atoms with van der Waals surface area (Å²) in [5.41, 5.74) is 2.17. The normalized spacial score (nSPS) is 14.3. The molecule has 0 spiro atoms. The van der Waals surface area contributed by atoms with Gasteiger partial charge in [0.05, 0.1) is 12.6 Å². The highest BCUT2D eigenvalue weighted by atomic mass is 16.3. The lowest BCUT2D eigenvalue weighted by Crippen LogP contribution is -2.40. The minimum Gasteiger partial charge on any atom is -0.386 e. The Morgan fingerprint density at radius 3 is 2.32 bits per heavy atom. The van der Waals surface area contributed by atoms with Gasteiger partial charge < -0.3 is 21.1 Å². The molecule has 6 nitrogen and oxygen atoms in total. The number of nitrogens with zero attached hydrogens (tertiary/aromatic N) is 1. The summed E-state index contributed by atoms with van der Waals surface area (Å²) in [5.74, 6) is 0.626. The zero-order valence-corrected chi connectivity index (χ0v) is 18.3. The van der Waals surface area contributed by atoms with E-state index in [2.05, 4.69) is 53.8 Å². The molecule has 0 saturated carbocycles. The fourth-order valence-corrected chi connectivity index (χ4v) is 2.57. The number of hydrogen-bond acceptors (Lipinski definition) is 3. The third kappa shape index (κ3) is 8.74. The minimum absolute atomic E-state index is 0.0247. The SMILES string of the molecule is CCNC(=NCC(O)c1ccc(C(C)(C)C)cc1)NCCC(=O)NC(C)CC. The highest BCUT2D eigenvalue weighted by molar-refractivity contribution is 5.81. The first-order chi connectivity index (χ1) is 13.2. The number of hydrogen-bond donors (Lipinski definition) is 4. The van der Waals surface area contributed by atoms with E-state index in [1.54, 1.807) is 0 Å². The van der Waals surface area contributed by atoms with E-state index in [1.807, 2.05) is 32.9 Å². The van der Waals surface area contributed by atoms with Crippen molar-refractivity contribution in [1.29, 1.82) is 0 Å². The number of guanidine groups is 1. The summed E-state index contributed by atoms with van der Waals surface area (Å²) in [6.07, 6.45) is 0.627. The largest absolute Gasteiger partial charge is 0.386 e. The smallest absolute Gasteiger partial charge is 0.221 e. The van der Waals surface area contributed by atoms with E-state index in [0.29, 0.717) is 25.5 Å². The van der Waals surface area contributed by atoms with Gasteiger partial charge >= 0.3 is 0 Å². The van der Waals surface area contributed by atoms with Crippen LogP contribution >= 0.6 is 0 Å². The fraction of sp³-hybridized carbons (Fsp3) is 0.636. The van der Waals surface area contributed by atoms with Gasteiger partial charge in [0.15, 0.2) is 5.96 Å². The molecule has 0 aliphatic carbocycles. The molecule has 28 heavy (non-hydrogen) atoms. The van der Waals surface area contributed by atoms with Crippen LogP contribution in [0.5, 0.6) is 0 Å². The molecule has 1 rings (SSSR count). The molecule has 0 saturated heterocycles. The van der Waals surface area contributed by atoms with Crippen LogP contribution in [-0.4, -0.2) is 42.6 Å². The average molecular weight is 391 g/mol. The van der Waals surface area contributed by atoms with Crippen molar-refractivity contribution in [1.82, 2.24) is 16.0 Å². The van der Waals surface area contributed by atoms with Gasteiger partial charge in [-0.25, -0.2) is 0 Å². The molecule has 2 unspecified atom stereocenters. The lowest BCUT2D eigenvalue weighted by Gasteiger charge is -2.20. The first-order valence-corrected chi connectivity index (χ1v) is 10.3. The Labute approximate surface area is 170 Å². The molecule has 1 aromatic carbocycles. The summed E-state index contributed by atoms with van der Waals surface area (Å²) in [6.45, 7) is 14.0. The lowest BCUT2D eigenvalue weighted by molar-refractivity contribution is -0.121. The second-order valence-electron chi connectivity index (χ2n) is 8.16. The molecule has 0 bridgehead atoms. The van der Waals surface area contributed by atoms with Crippen molar-refractivity contribution >= 4 is 11.9 Å². The van der Waals surface area contributed by atoms with Crippen LogP contribution in [0.1, 0.15) is 71.6 Å². The number of aliphatic hydroxyl groups is 1. The zero-order chi connectivity index (χ0) is 21.2. The first kappa shape index (κ1) is 24.0. The standard InChI is InChI=1S/C22H38N4O2/c1-7-16(3)26-20(28)13-14-24-21(23-8-2)25-15-19(27)17-9-11-18(12-10-17)22(4,5)6/h9-12,16,19,27H,7-8,13-15H2,1-6H3,(H,26,28)(H2,23,24,25). The monoisotopic (exact) mass is 390 g/mol. The van der Waals surface area contributed by atoms with Gasteiger partial charge in [0.1, 0.15) is 0 Å². The molecule has 0 radical (unpaired) electrons. The van der Waals surface area contributed by atoms with Crippen LogP contribution in [0.3, 0.4) is 0 Å². The Bertz CT molecular complexity index is 620. The Morgan fingerprint density at radius 1 is 1.14 bits per heavy atom. The van der Waals surface area contributed by atoms with Gasteiger partial charge in [0, 0.05) is 25.6 Å². The summed E-state index contributed by atoms with van der Waals surface area (Å²) < 4.78 is 0. The Morgan fingerprint density at radius 2 is 1.79 bits per heavy atom. The summed E-state index contributed by atoms with van der Waals surface area (Å²) in [6, 6.07) is 8.22. The molecule has 0 fully saturated rings. The highest BCUT2D eigenvalue weighted by Gasteiger charge is 2.14. The molecule has 158 valence electrons. The van der Waals surface area contributed by atoms with E-state index >= 15 is 0 Å². The molecule has 6 heteroatoms. The first-order valence-electron chi connectivity index (χ1n) is 10.3. The number of nitrogens with one attached hydrogen (secondary N) is 3.